The van der Waals surface area contributed by atoms with Crippen LogP contribution in [0.1, 0.15) is 31.4 Å². The van der Waals surface area contributed by atoms with E-state index in [1.165, 1.54) is 18.4 Å². The SMILES string of the molecule is CC(NC(CN(C)C)c1ccccc1)C1CC1. The first-order valence-corrected chi connectivity index (χ1v) is 6.62. The molecule has 0 spiro atoms. The van der Waals surface area contributed by atoms with E-state index in [0.717, 1.165) is 12.5 Å². The summed E-state index contributed by atoms with van der Waals surface area (Å²) in [5, 5.41) is 3.78. The Kier molecular flexibility index (Phi) is 4.19. The average Bonchev–Trinajstić information content (AvgIpc) is 3.12. The first-order chi connectivity index (χ1) is 8.16. The van der Waals surface area contributed by atoms with Crippen LogP contribution in [0.25, 0.3) is 0 Å². The van der Waals surface area contributed by atoms with Crippen LogP contribution in [0.4, 0.5) is 0 Å². The topological polar surface area (TPSA) is 15.3 Å². The average molecular weight is 232 g/mol. The largest absolute Gasteiger partial charge is 0.308 e. The molecule has 0 radical (unpaired) electrons. The summed E-state index contributed by atoms with van der Waals surface area (Å²) in [5.41, 5.74) is 1.40. The third-order valence-electron chi connectivity index (χ3n) is 3.54. The van der Waals surface area contributed by atoms with Crippen molar-refractivity contribution in [2.45, 2.75) is 31.8 Å². The van der Waals surface area contributed by atoms with E-state index in [-0.39, 0.29) is 0 Å². The van der Waals surface area contributed by atoms with Gasteiger partial charge in [0.25, 0.3) is 0 Å². The minimum absolute atomic E-state index is 0.446. The Morgan fingerprint density at radius 3 is 2.41 bits per heavy atom. The third-order valence-corrected chi connectivity index (χ3v) is 3.54. The number of nitrogens with zero attached hydrogens (tertiary/aromatic N) is 1. The Morgan fingerprint density at radius 2 is 1.88 bits per heavy atom. The zero-order valence-electron chi connectivity index (χ0n) is 11.2. The van der Waals surface area contributed by atoms with E-state index in [1.54, 1.807) is 0 Å². The fourth-order valence-electron chi connectivity index (χ4n) is 2.35. The molecular formula is C15H24N2. The van der Waals surface area contributed by atoms with Gasteiger partial charge in [-0.15, -0.1) is 0 Å². The van der Waals surface area contributed by atoms with Crippen molar-refractivity contribution in [2.24, 2.45) is 5.92 Å². The van der Waals surface area contributed by atoms with Crippen molar-refractivity contribution < 1.29 is 0 Å². The molecule has 94 valence electrons. The van der Waals surface area contributed by atoms with Crippen molar-refractivity contribution in [1.29, 1.82) is 0 Å². The lowest BCUT2D eigenvalue weighted by atomic mass is 10.0. The number of rotatable bonds is 6. The predicted molar refractivity (Wildman–Crippen MR) is 73.1 cm³/mol. The van der Waals surface area contributed by atoms with Gasteiger partial charge in [0.1, 0.15) is 0 Å². The molecule has 17 heavy (non-hydrogen) atoms. The van der Waals surface area contributed by atoms with Gasteiger partial charge < -0.3 is 10.2 Å². The van der Waals surface area contributed by atoms with Crippen LogP contribution in [0.5, 0.6) is 0 Å². The number of nitrogens with one attached hydrogen (secondary N) is 1. The highest BCUT2D eigenvalue weighted by molar-refractivity contribution is 5.19. The van der Waals surface area contributed by atoms with Crippen LogP contribution in [0.3, 0.4) is 0 Å². The molecule has 0 saturated heterocycles. The molecule has 0 aliphatic heterocycles. The quantitative estimate of drug-likeness (QED) is 0.811. The molecule has 0 heterocycles. The van der Waals surface area contributed by atoms with Crippen LogP contribution < -0.4 is 5.32 Å². The Balaban J connectivity index is 2.02. The molecule has 2 nitrogen and oxygen atoms in total. The Labute approximate surface area is 105 Å². The van der Waals surface area contributed by atoms with Crippen molar-refractivity contribution in [1.82, 2.24) is 10.2 Å². The van der Waals surface area contributed by atoms with Gasteiger partial charge in [0.15, 0.2) is 0 Å². The van der Waals surface area contributed by atoms with Crippen LogP contribution in [0.15, 0.2) is 30.3 Å². The predicted octanol–water partition coefficient (Wildman–Crippen LogP) is 2.68. The minimum Gasteiger partial charge on any atom is -0.308 e. The molecule has 2 heteroatoms. The highest BCUT2D eigenvalue weighted by atomic mass is 15.1. The highest BCUT2D eigenvalue weighted by Gasteiger charge is 2.29. The summed E-state index contributed by atoms with van der Waals surface area (Å²) >= 11 is 0. The lowest BCUT2D eigenvalue weighted by Crippen LogP contribution is -2.37. The maximum atomic E-state index is 3.78. The molecular weight excluding hydrogens is 208 g/mol. The number of hydrogen-bond donors (Lipinski definition) is 1. The number of benzene rings is 1. The Bertz CT molecular complexity index is 330. The summed E-state index contributed by atoms with van der Waals surface area (Å²) in [6, 6.07) is 11.9. The second kappa shape index (κ2) is 5.65. The molecule has 1 aliphatic carbocycles. The minimum atomic E-state index is 0.446. The normalized spacial score (nSPS) is 19.3. The first kappa shape index (κ1) is 12.6. The van der Waals surface area contributed by atoms with Crippen LogP contribution >= 0.6 is 0 Å². The zero-order valence-corrected chi connectivity index (χ0v) is 11.2. The van der Waals surface area contributed by atoms with Gasteiger partial charge in [0, 0.05) is 18.6 Å². The highest BCUT2D eigenvalue weighted by Crippen LogP contribution is 2.33. The molecule has 1 N–H and O–H groups in total. The van der Waals surface area contributed by atoms with Gasteiger partial charge in [-0.05, 0) is 45.3 Å². The van der Waals surface area contributed by atoms with E-state index in [2.05, 4.69) is 61.6 Å². The van der Waals surface area contributed by atoms with Gasteiger partial charge >= 0.3 is 0 Å². The molecule has 1 fully saturated rings. The summed E-state index contributed by atoms with van der Waals surface area (Å²) in [6.45, 7) is 3.38. The summed E-state index contributed by atoms with van der Waals surface area (Å²) in [7, 11) is 4.28. The van der Waals surface area contributed by atoms with E-state index in [4.69, 9.17) is 0 Å². The van der Waals surface area contributed by atoms with Gasteiger partial charge in [-0.2, -0.15) is 0 Å². The van der Waals surface area contributed by atoms with Gasteiger partial charge in [-0.25, -0.2) is 0 Å². The standard InChI is InChI=1S/C15H24N2/c1-12(13-9-10-13)16-15(11-17(2)3)14-7-5-4-6-8-14/h4-8,12-13,15-16H,9-11H2,1-3H3. The van der Waals surface area contributed by atoms with Crippen molar-refractivity contribution in [3.63, 3.8) is 0 Å². The molecule has 2 rings (SSSR count). The maximum Gasteiger partial charge on any atom is 0.0451 e. The lowest BCUT2D eigenvalue weighted by molar-refractivity contribution is 0.315. The summed E-state index contributed by atoms with van der Waals surface area (Å²) in [4.78, 5) is 2.25. The number of likely N-dealkylation sites (N-methyl/N-ethyl adjacent to an activating group) is 1. The molecule has 0 amide bonds. The molecule has 1 aromatic carbocycles. The Morgan fingerprint density at radius 1 is 1.24 bits per heavy atom. The van der Waals surface area contributed by atoms with Gasteiger partial charge in [-0.1, -0.05) is 30.3 Å². The van der Waals surface area contributed by atoms with E-state index >= 15 is 0 Å². The summed E-state index contributed by atoms with van der Waals surface area (Å²) < 4.78 is 0. The second-order valence-electron chi connectivity index (χ2n) is 5.52. The van der Waals surface area contributed by atoms with E-state index in [1.807, 2.05) is 0 Å². The van der Waals surface area contributed by atoms with Crippen LogP contribution in [0.2, 0.25) is 0 Å². The van der Waals surface area contributed by atoms with Crippen LogP contribution in [0, 0.1) is 5.92 Å². The summed E-state index contributed by atoms with van der Waals surface area (Å²) in [5.74, 6) is 0.906. The molecule has 2 atom stereocenters. The fraction of sp³-hybridized carbons (Fsp3) is 0.600. The summed E-state index contributed by atoms with van der Waals surface area (Å²) in [6.07, 6.45) is 2.80. The van der Waals surface area contributed by atoms with E-state index < -0.39 is 0 Å². The van der Waals surface area contributed by atoms with Crippen molar-refractivity contribution in [3.05, 3.63) is 35.9 Å². The van der Waals surface area contributed by atoms with Crippen molar-refractivity contribution in [3.8, 4) is 0 Å². The van der Waals surface area contributed by atoms with Crippen LogP contribution in [-0.4, -0.2) is 31.6 Å². The molecule has 1 aromatic rings. The fourth-order valence-corrected chi connectivity index (χ4v) is 2.35. The van der Waals surface area contributed by atoms with Gasteiger partial charge in [0.2, 0.25) is 0 Å². The van der Waals surface area contributed by atoms with Crippen molar-refractivity contribution in [2.75, 3.05) is 20.6 Å². The van der Waals surface area contributed by atoms with Gasteiger partial charge in [0.05, 0.1) is 0 Å². The maximum absolute atomic E-state index is 3.78. The Hall–Kier alpha value is -0.860. The monoisotopic (exact) mass is 232 g/mol. The lowest BCUT2D eigenvalue weighted by Gasteiger charge is -2.26. The molecule has 1 saturated carbocycles. The molecule has 0 aromatic heterocycles. The molecule has 2 unspecified atom stereocenters. The van der Waals surface area contributed by atoms with Crippen molar-refractivity contribution >= 4 is 0 Å². The van der Waals surface area contributed by atoms with Gasteiger partial charge in [-0.3, -0.25) is 0 Å². The second-order valence-corrected chi connectivity index (χ2v) is 5.52. The van der Waals surface area contributed by atoms with E-state index in [9.17, 15) is 0 Å². The number of hydrogen-bond acceptors (Lipinski definition) is 2. The smallest absolute Gasteiger partial charge is 0.0451 e. The van der Waals surface area contributed by atoms with Crippen LogP contribution in [-0.2, 0) is 0 Å². The molecule has 1 aliphatic rings. The first-order valence-electron chi connectivity index (χ1n) is 6.62. The zero-order chi connectivity index (χ0) is 12.3. The molecule has 0 bridgehead atoms. The van der Waals surface area contributed by atoms with E-state index in [0.29, 0.717) is 12.1 Å². The third kappa shape index (κ3) is 3.83.